The predicted octanol–water partition coefficient (Wildman–Crippen LogP) is 1.72. The number of aromatic amines is 1. The van der Waals surface area contributed by atoms with Crippen LogP contribution in [0.25, 0.3) is 11.0 Å². The molecule has 0 aliphatic carbocycles. The molecule has 128 valence electrons. The maximum atomic E-state index is 12.3. The van der Waals surface area contributed by atoms with Gasteiger partial charge in [0, 0.05) is 38.3 Å². The minimum Gasteiger partial charge on any atom is -0.465 e. The van der Waals surface area contributed by atoms with Crippen molar-refractivity contribution in [2.24, 2.45) is 0 Å². The molecule has 0 saturated carbocycles. The molecule has 0 bridgehead atoms. The monoisotopic (exact) mass is 330 g/mol. The van der Waals surface area contributed by atoms with Gasteiger partial charge in [-0.3, -0.25) is 9.47 Å². The van der Waals surface area contributed by atoms with Crippen LogP contribution in [-0.4, -0.2) is 62.8 Å². The molecule has 2 aromatic rings. The summed E-state index contributed by atoms with van der Waals surface area (Å²) in [6, 6.07) is 8.34. The van der Waals surface area contributed by atoms with Crippen molar-refractivity contribution in [3.63, 3.8) is 0 Å². The summed E-state index contributed by atoms with van der Waals surface area (Å²) in [4.78, 5) is 30.2. The first-order valence-electron chi connectivity index (χ1n) is 8.54. The van der Waals surface area contributed by atoms with E-state index in [1.165, 1.54) is 4.90 Å². The Morgan fingerprint density at radius 1 is 1.08 bits per heavy atom. The van der Waals surface area contributed by atoms with Crippen molar-refractivity contribution in [2.45, 2.75) is 31.3 Å². The van der Waals surface area contributed by atoms with Gasteiger partial charge in [0.25, 0.3) is 0 Å². The first-order valence-corrected chi connectivity index (χ1v) is 8.54. The zero-order valence-corrected chi connectivity index (χ0v) is 13.5. The lowest BCUT2D eigenvalue weighted by Gasteiger charge is -2.36. The highest BCUT2D eigenvalue weighted by molar-refractivity contribution is 5.75. The number of aromatic nitrogens is 2. The molecule has 2 aliphatic rings. The third kappa shape index (κ3) is 2.58. The maximum Gasteiger partial charge on any atom is 0.407 e. The Labute approximate surface area is 139 Å². The number of benzene rings is 1. The van der Waals surface area contributed by atoms with Crippen molar-refractivity contribution in [2.75, 3.05) is 26.2 Å². The summed E-state index contributed by atoms with van der Waals surface area (Å²) in [7, 11) is 0. The largest absolute Gasteiger partial charge is 0.465 e. The van der Waals surface area contributed by atoms with Crippen LogP contribution in [0.2, 0.25) is 0 Å². The SMILES string of the molecule is O=C(O)N1CCC(N2CCC(n3c(=O)[nH]c4ccccc43)CC2)C1. The minimum absolute atomic E-state index is 0.0347. The van der Waals surface area contributed by atoms with Crippen LogP contribution in [0.3, 0.4) is 0 Å². The number of hydrogen-bond donors (Lipinski definition) is 2. The Kier molecular flexibility index (Phi) is 3.80. The maximum absolute atomic E-state index is 12.3. The van der Waals surface area contributed by atoms with Crippen LogP contribution in [0.4, 0.5) is 4.79 Å². The van der Waals surface area contributed by atoms with Crippen LogP contribution in [0.15, 0.2) is 29.1 Å². The number of nitrogens with zero attached hydrogens (tertiary/aromatic N) is 3. The average Bonchev–Trinajstić information content (AvgIpc) is 3.19. The fraction of sp³-hybridized carbons (Fsp3) is 0.529. The number of piperidine rings is 1. The van der Waals surface area contributed by atoms with Gasteiger partial charge in [0.1, 0.15) is 0 Å². The second kappa shape index (κ2) is 5.98. The standard InChI is InChI=1S/C17H22N4O3/c22-16-18-14-3-1-2-4-15(14)21(16)12-5-8-19(9-6-12)13-7-10-20(11-13)17(23)24/h1-4,12-13H,5-11H2,(H,18,22)(H,23,24). The molecule has 2 fully saturated rings. The summed E-state index contributed by atoms with van der Waals surface area (Å²) in [6.07, 6.45) is 1.93. The number of carbonyl (C=O) groups is 1. The Bertz CT molecular complexity index is 804. The van der Waals surface area contributed by atoms with Crippen molar-refractivity contribution in [1.29, 1.82) is 0 Å². The molecular formula is C17H22N4O3. The van der Waals surface area contributed by atoms with E-state index in [2.05, 4.69) is 9.88 Å². The predicted molar refractivity (Wildman–Crippen MR) is 90.4 cm³/mol. The van der Waals surface area contributed by atoms with Crippen molar-refractivity contribution in [3.8, 4) is 0 Å². The Morgan fingerprint density at radius 2 is 1.79 bits per heavy atom. The van der Waals surface area contributed by atoms with Gasteiger partial charge >= 0.3 is 11.8 Å². The normalized spacial score (nSPS) is 23.2. The third-order valence-corrected chi connectivity index (χ3v) is 5.44. The van der Waals surface area contributed by atoms with E-state index in [1.807, 2.05) is 28.8 Å². The van der Waals surface area contributed by atoms with Gasteiger partial charge in [-0.05, 0) is 31.4 Å². The third-order valence-electron chi connectivity index (χ3n) is 5.44. The van der Waals surface area contributed by atoms with Gasteiger partial charge in [-0.25, -0.2) is 9.59 Å². The highest BCUT2D eigenvalue weighted by Gasteiger charge is 2.33. The summed E-state index contributed by atoms with van der Waals surface area (Å²) < 4.78 is 1.89. The van der Waals surface area contributed by atoms with E-state index in [-0.39, 0.29) is 11.7 Å². The van der Waals surface area contributed by atoms with E-state index in [9.17, 15) is 9.59 Å². The molecule has 3 heterocycles. The molecule has 2 aliphatic heterocycles. The molecule has 4 rings (SSSR count). The molecule has 7 heteroatoms. The summed E-state index contributed by atoms with van der Waals surface area (Å²) in [6.45, 7) is 3.05. The van der Waals surface area contributed by atoms with Gasteiger partial charge in [0.2, 0.25) is 0 Å². The fourth-order valence-electron chi connectivity index (χ4n) is 4.16. The van der Waals surface area contributed by atoms with E-state index in [0.29, 0.717) is 19.1 Å². The molecule has 0 spiro atoms. The molecule has 24 heavy (non-hydrogen) atoms. The number of rotatable bonds is 2. The number of H-pyrrole nitrogens is 1. The lowest BCUT2D eigenvalue weighted by molar-refractivity contribution is 0.126. The number of nitrogens with one attached hydrogen (secondary N) is 1. The van der Waals surface area contributed by atoms with E-state index in [4.69, 9.17) is 5.11 Å². The smallest absolute Gasteiger partial charge is 0.407 e. The first-order chi connectivity index (χ1) is 11.6. The molecule has 7 nitrogen and oxygen atoms in total. The molecule has 1 aromatic heterocycles. The highest BCUT2D eigenvalue weighted by Crippen LogP contribution is 2.27. The van der Waals surface area contributed by atoms with Gasteiger partial charge in [-0.15, -0.1) is 0 Å². The summed E-state index contributed by atoms with van der Waals surface area (Å²) in [5.74, 6) is 0. The molecule has 0 radical (unpaired) electrons. The second-order valence-corrected chi connectivity index (χ2v) is 6.76. The molecule has 1 unspecified atom stereocenters. The molecule has 1 aromatic carbocycles. The summed E-state index contributed by atoms with van der Waals surface area (Å²) in [5, 5.41) is 9.09. The number of imidazole rings is 1. The molecule has 1 amide bonds. The number of amides is 1. The summed E-state index contributed by atoms with van der Waals surface area (Å²) >= 11 is 0. The lowest BCUT2D eigenvalue weighted by Crippen LogP contribution is -2.44. The van der Waals surface area contributed by atoms with Crippen LogP contribution in [0, 0.1) is 0 Å². The van der Waals surface area contributed by atoms with Crippen LogP contribution >= 0.6 is 0 Å². The van der Waals surface area contributed by atoms with Crippen molar-refractivity contribution < 1.29 is 9.90 Å². The van der Waals surface area contributed by atoms with Crippen molar-refractivity contribution in [3.05, 3.63) is 34.7 Å². The Balaban J connectivity index is 1.46. The average molecular weight is 330 g/mol. The van der Waals surface area contributed by atoms with E-state index in [0.717, 1.165) is 43.4 Å². The second-order valence-electron chi connectivity index (χ2n) is 6.76. The number of fused-ring (bicyclic) bond motifs is 1. The van der Waals surface area contributed by atoms with Gasteiger partial charge in [-0.2, -0.15) is 0 Å². The number of carboxylic acid groups (broad SMARTS) is 1. The van der Waals surface area contributed by atoms with Gasteiger partial charge < -0.3 is 15.0 Å². The van der Waals surface area contributed by atoms with E-state index in [1.54, 1.807) is 0 Å². The van der Waals surface area contributed by atoms with Crippen molar-refractivity contribution in [1.82, 2.24) is 19.4 Å². The zero-order valence-electron chi connectivity index (χ0n) is 13.5. The van der Waals surface area contributed by atoms with E-state index >= 15 is 0 Å². The summed E-state index contributed by atoms with van der Waals surface area (Å²) in [5.41, 5.74) is 1.82. The minimum atomic E-state index is -0.822. The number of para-hydroxylation sites is 2. The fourth-order valence-corrected chi connectivity index (χ4v) is 4.16. The molecule has 1 atom stereocenters. The number of hydrogen-bond acceptors (Lipinski definition) is 3. The van der Waals surface area contributed by atoms with Gasteiger partial charge in [0.15, 0.2) is 0 Å². The van der Waals surface area contributed by atoms with Gasteiger partial charge in [-0.1, -0.05) is 12.1 Å². The first kappa shape index (κ1) is 15.3. The van der Waals surface area contributed by atoms with Crippen LogP contribution in [0.1, 0.15) is 25.3 Å². The number of likely N-dealkylation sites (tertiary alicyclic amines) is 2. The van der Waals surface area contributed by atoms with Crippen LogP contribution < -0.4 is 5.69 Å². The quantitative estimate of drug-likeness (QED) is 0.878. The topological polar surface area (TPSA) is 81.6 Å². The van der Waals surface area contributed by atoms with Gasteiger partial charge in [0.05, 0.1) is 11.0 Å². The lowest BCUT2D eigenvalue weighted by atomic mass is 10.0. The molecule has 2 N–H and O–H groups in total. The van der Waals surface area contributed by atoms with Crippen LogP contribution in [0.5, 0.6) is 0 Å². The zero-order chi connectivity index (χ0) is 16.7. The Hall–Kier alpha value is -2.28. The molecular weight excluding hydrogens is 308 g/mol. The van der Waals surface area contributed by atoms with Crippen molar-refractivity contribution >= 4 is 17.1 Å². The highest BCUT2D eigenvalue weighted by atomic mass is 16.4. The van der Waals surface area contributed by atoms with E-state index < -0.39 is 6.09 Å². The molecule has 2 saturated heterocycles. The Morgan fingerprint density at radius 3 is 2.50 bits per heavy atom. The van der Waals surface area contributed by atoms with Crippen LogP contribution in [-0.2, 0) is 0 Å².